The van der Waals surface area contributed by atoms with Crippen LogP contribution in [0.25, 0.3) is 21.7 Å². The third-order valence-electron chi connectivity index (χ3n) is 15.1. The van der Waals surface area contributed by atoms with Crippen molar-refractivity contribution in [2.45, 2.75) is 110 Å². The molecular weight excluding hydrogens is 1000 g/mol. The van der Waals surface area contributed by atoms with Gasteiger partial charge in [0.25, 0.3) is 11.8 Å². The van der Waals surface area contributed by atoms with Gasteiger partial charge in [-0.15, -0.1) is 23.2 Å². The van der Waals surface area contributed by atoms with Crippen molar-refractivity contribution in [1.29, 1.82) is 0 Å². The van der Waals surface area contributed by atoms with Crippen molar-refractivity contribution >= 4 is 111 Å². The van der Waals surface area contributed by atoms with Crippen molar-refractivity contribution < 1.29 is 52.4 Å². The number of alkyl halides is 2. The summed E-state index contributed by atoms with van der Waals surface area (Å²) in [6.07, 6.45) is 6.76. The van der Waals surface area contributed by atoms with Crippen molar-refractivity contribution in [2.24, 2.45) is 16.7 Å². The lowest BCUT2D eigenvalue weighted by molar-refractivity contribution is -0.153. The molecule has 18 nitrogen and oxygen atoms in total. The minimum absolute atomic E-state index is 0.0992. The standard InChI is InChI=1S/C52H62Cl2N7O11P/c1-7-52(26-51(6,27-52)49(67)60-25-32(22-54)44-37(60)20-38(72-73(69,70)71)46-42(44)29(4)23-55-46)50(68)61-24-31(21-53)43-34-14-11-10-13-33(34)35(19-36(43)61)57-47(65)30(5)56-48(66)45(28(2)3)58-39(62)15-9-8-12-18-59-40(63)16-17-41(59)64/h10-11,13-14,16-17,19-20,23,28,30-32,45,55H,7-9,12,15,18,21-22,24-27H2,1-6H3,(H,56,66)(H,57,65)(H,58,62)(H2,69,70,71)/t30-,31+,32+,45-,51?,52?/m0/s1. The van der Waals surface area contributed by atoms with E-state index in [1.165, 1.54) is 18.2 Å². The number of hydrogen-bond donors (Lipinski definition) is 6. The quantitative estimate of drug-likeness (QED) is 0.0234. The molecule has 21 heteroatoms. The van der Waals surface area contributed by atoms with Crippen LogP contribution in [-0.4, -0.2) is 104 Å². The zero-order valence-corrected chi connectivity index (χ0v) is 44.1. The lowest BCUT2D eigenvalue weighted by Crippen LogP contribution is -2.60. The number of halogens is 2. The molecule has 1 aromatic heterocycles. The summed E-state index contributed by atoms with van der Waals surface area (Å²) in [7, 11) is -4.99. The molecule has 0 saturated heterocycles. The molecule has 1 saturated carbocycles. The van der Waals surface area contributed by atoms with Crippen LogP contribution in [0.2, 0.25) is 0 Å². The second-order valence-corrected chi connectivity index (χ2v) is 22.4. The van der Waals surface area contributed by atoms with Crippen molar-refractivity contribution in [2.75, 3.05) is 46.5 Å². The van der Waals surface area contributed by atoms with Gasteiger partial charge in [-0.1, -0.05) is 58.4 Å². The molecule has 0 unspecified atom stereocenters. The minimum Gasteiger partial charge on any atom is -0.402 e. The van der Waals surface area contributed by atoms with Gasteiger partial charge < -0.3 is 35.3 Å². The number of aromatic amines is 1. The maximum absolute atomic E-state index is 15.2. The molecule has 390 valence electrons. The summed E-state index contributed by atoms with van der Waals surface area (Å²) in [4.78, 5) is 121. The molecule has 0 spiro atoms. The van der Waals surface area contributed by atoms with Crippen molar-refractivity contribution in [3.05, 3.63) is 71.4 Å². The molecule has 6 N–H and O–H groups in total. The fourth-order valence-electron chi connectivity index (χ4n) is 11.4. The zero-order chi connectivity index (χ0) is 52.9. The summed E-state index contributed by atoms with van der Waals surface area (Å²) >= 11 is 13.2. The van der Waals surface area contributed by atoms with Gasteiger partial charge in [-0.25, -0.2) is 4.57 Å². The number of amides is 7. The van der Waals surface area contributed by atoms with Crippen molar-refractivity contribution in [1.82, 2.24) is 20.5 Å². The van der Waals surface area contributed by atoms with Crippen LogP contribution in [0.3, 0.4) is 0 Å². The van der Waals surface area contributed by atoms with Gasteiger partial charge in [0.2, 0.25) is 29.5 Å². The van der Waals surface area contributed by atoms with Gasteiger partial charge in [0.15, 0.2) is 5.75 Å². The predicted molar refractivity (Wildman–Crippen MR) is 279 cm³/mol. The van der Waals surface area contributed by atoms with Crippen LogP contribution in [0, 0.1) is 23.7 Å². The number of imide groups is 1. The average Bonchev–Trinajstić information content (AvgIpc) is 4.10. The Bertz CT molecular complexity index is 2980. The molecule has 8 rings (SSSR count). The van der Waals surface area contributed by atoms with Crippen LogP contribution in [0.5, 0.6) is 5.75 Å². The van der Waals surface area contributed by atoms with Gasteiger partial charge in [-0.2, -0.15) is 0 Å². The molecule has 3 aliphatic heterocycles. The molecule has 0 bridgehead atoms. The highest BCUT2D eigenvalue weighted by atomic mass is 35.5. The highest BCUT2D eigenvalue weighted by molar-refractivity contribution is 7.46. The Morgan fingerprint density at radius 1 is 0.863 bits per heavy atom. The number of unbranched alkanes of at least 4 members (excludes halogenated alkanes) is 2. The predicted octanol–water partition coefficient (Wildman–Crippen LogP) is 7.41. The van der Waals surface area contributed by atoms with Crippen LogP contribution < -0.4 is 30.3 Å². The average molecular weight is 1060 g/mol. The number of anilines is 3. The summed E-state index contributed by atoms with van der Waals surface area (Å²) in [5.74, 6) is -3.12. The lowest BCUT2D eigenvalue weighted by atomic mass is 9.51. The van der Waals surface area contributed by atoms with E-state index in [0.717, 1.165) is 27.0 Å². The Morgan fingerprint density at radius 2 is 1.48 bits per heavy atom. The van der Waals surface area contributed by atoms with Gasteiger partial charge in [-0.3, -0.25) is 48.2 Å². The topological polar surface area (TPSA) is 248 Å². The molecular formula is C52H62Cl2N7O11P. The number of nitrogens with one attached hydrogen (secondary N) is 4. The molecule has 4 aliphatic rings. The van der Waals surface area contributed by atoms with Crippen LogP contribution in [0.1, 0.15) is 108 Å². The first kappa shape index (κ1) is 53.5. The van der Waals surface area contributed by atoms with Gasteiger partial charge >= 0.3 is 7.82 Å². The number of carbonyl (C=O) groups excluding carboxylic acids is 7. The number of aromatic nitrogens is 1. The van der Waals surface area contributed by atoms with Crippen LogP contribution in [-0.2, 0) is 38.1 Å². The summed E-state index contributed by atoms with van der Waals surface area (Å²) < 4.78 is 17.2. The number of aryl methyl sites for hydroxylation is 1. The smallest absolute Gasteiger partial charge is 0.402 e. The zero-order valence-electron chi connectivity index (χ0n) is 41.7. The number of rotatable bonds is 19. The third-order valence-corrected chi connectivity index (χ3v) is 16.2. The molecule has 4 atom stereocenters. The van der Waals surface area contributed by atoms with E-state index < -0.39 is 42.6 Å². The van der Waals surface area contributed by atoms with Crippen molar-refractivity contribution in [3.63, 3.8) is 0 Å². The van der Waals surface area contributed by atoms with E-state index in [1.54, 1.807) is 42.8 Å². The van der Waals surface area contributed by atoms with Crippen LogP contribution in [0.15, 0.2) is 54.7 Å². The van der Waals surface area contributed by atoms with Gasteiger partial charge in [0.1, 0.15) is 12.1 Å². The fraction of sp³-hybridized carbons (Fsp3) is 0.481. The van der Waals surface area contributed by atoms with Gasteiger partial charge in [0.05, 0.1) is 22.3 Å². The maximum Gasteiger partial charge on any atom is 0.524 e. The summed E-state index contributed by atoms with van der Waals surface area (Å²) in [6, 6.07) is 8.75. The third kappa shape index (κ3) is 10.3. The first-order valence-corrected chi connectivity index (χ1v) is 27.3. The number of hydrogen-bond acceptors (Lipinski definition) is 9. The lowest BCUT2D eigenvalue weighted by Gasteiger charge is -2.54. The second kappa shape index (κ2) is 20.9. The van der Waals surface area contributed by atoms with E-state index in [-0.39, 0.29) is 104 Å². The molecule has 1 aliphatic carbocycles. The first-order valence-electron chi connectivity index (χ1n) is 24.7. The Morgan fingerprint density at radius 3 is 2.10 bits per heavy atom. The van der Waals surface area contributed by atoms with Crippen LogP contribution >= 0.6 is 31.0 Å². The van der Waals surface area contributed by atoms with Gasteiger partial charge in [-0.05, 0) is 80.0 Å². The van der Waals surface area contributed by atoms with E-state index in [9.17, 15) is 43.1 Å². The monoisotopic (exact) mass is 1060 g/mol. The normalized spacial score (nSPS) is 22.2. The Balaban J connectivity index is 0.970. The number of nitrogens with zero attached hydrogens (tertiary/aromatic N) is 3. The largest absolute Gasteiger partial charge is 0.524 e. The summed E-state index contributed by atoms with van der Waals surface area (Å²) in [6.45, 7) is 11.5. The molecule has 1 fully saturated rings. The second-order valence-electron chi connectivity index (χ2n) is 20.6. The summed E-state index contributed by atoms with van der Waals surface area (Å²) in [5, 5.41) is 10.7. The van der Waals surface area contributed by atoms with E-state index in [0.29, 0.717) is 59.0 Å². The molecule has 4 aromatic rings. The fourth-order valence-corrected chi connectivity index (χ4v) is 12.3. The number of H-pyrrole nitrogens is 1. The molecule has 7 amide bonds. The van der Waals surface area contributed by atoms with E-state index in [2.05, 4.69) is 20.9 Å². The van der Waals surface area contributed by atoms with E-state index in [4.69, 9.17) is 27.7 Å². The molecule has 4 heterocycles. The SMILES string of the molecule is CCC1(C(=O)N2C[C@@H](CCl)c3c2cc(NC(=O)[C@H](C)NC(=O)[C@@H](NC(=O)CCCCCN2C(=O)C=CC2=O)C(C)C)c2ccccc32)CC(C)(C(=O)N2C[C@@H](CCl)c3c2cc(OP(=O)(O)O)c2[nH]cc(C)c32)C1. The highest BCUT2D eigenvalue weighted by Crippen LogP contribution is 2.61. The number of benzene rings is 3. The van der Waals surface area contributed by atoms with E-state index >= 15 is 4.79 Å². The van der Waals surface area contributed by atoms with Crippen LogP contribution in [0.4, 0.5) is 17.1 Å². The Hall–Kier alpha value is -5.78. The maximum atomic E-state index is 15.2. The molecule has 3 aromatic carbocycles. The van der Waals surface area contributed by atoms with Crippen molar-refractivity contribution in [3.8, 4) is 5.75 Å². The highest BCUT2D eigenvalue weighted by Gasteiger charge is 2.62. The molecule has 73 heavy (non-hydrogen) atoms. The summed E-state index contributed by atoms with van der Waals surface area (Å²) in [5.41, 5.74) is 2.30. The minimum atomic E-state index is -4.99. The molecule has 0 radical (unpaired) electrons. The van der Waals surface area contributed by atoms with E-state index in [1.807, 2.05) is 45.0 Å². The Labute approximate surface area is 433 Å². The first-order chi connectivity index (χ1) is 34.5. The number of phosphoric acid groups is 1. The number of fused-ring (bicyclic) bond motifs is 6. The number of carbonyl (C=O) groups is 7. The Kier molecular flexibility index (Phi) is 15.3. The van der Waals surface area contributed by atoms with Gasteiger partial charge in [0, 0.05) is 95.9 Å². The number of phosphoric ester groups is 1.